The first-order valence-electron chi connectivity index (χ1n) is 7.75. The van der Waals surface area contributed by atoms with E-state index in [9.17, 15) is 13.2 Å². The fourth-order valence-electron chi connectivity index (χ4n) is 3.02. The molecule has 1 amide bonds. The Balaban J connectivity index is 1.69. The van der Waals surface area contributed by atoms with Crippen molar-refractivity contribution in [1.82, 2.24) is 10.0 Å². The minimum Gasteiger partial charge on any atom is -0.455 e. The molecule has 2 atom stereocenters. The van der Waals surface area contributed by atoms with E-state index in [1.54, 1.807) is 12.1 Å². The van der Waals surface area contributed by atoms with Gasteiger partial charge in [-0.25, -0.2) is 13.1 Å². The molecule has 0 bridgehead atoms. The van der Waals surface area contributed by atoms with Crippen molar-refractivity contribution in [3.05, 3.63) is 59.0 Å². The minimum absolute atomic E-state index is 0.0226. The summed E-state index contributed by atoms with van der Waals surface area (Å²) in [4.78, 5) is 12.4. The number of benzene rings is 1. The molecular weight excluding hydrogens is 328 g/mol. The van der Waals surface area contributed by atoms with E-state index in [4.69, 9.17) is 4.42 Å². The molecule has 1 aliphatic rings. The topological polar surface area (TPSA) is 88.4 Å². The zero-order valence-electron chi connectivity index (χ0n) is 13.6. The number of sulfonamides is 1. The summed E-state index contributed by atoms with van der Waals surface area (Å²) in [5, 5.41) is 3.02. The summed E-state index contributed by atoms with van der Waals surface area (Å²) in [7, 11) is -3.30. The lowest BCUT2D eigenvalue weighted by Crippen LogP contribution is -2.30. The monoisotopic (exact) mass is 348 g/mol. The maximum atomic E-state index is 12.4. The van der Waals surface area contributed by atoms with Gasteiger partial charge in [0, 0.05) is 0 Å². The first kappa shape index (κ1) is 16.7. The van der Waals surface area contributed by atoms with Crippen LogP contribution in [0.3, 0.4) is 0 Å². The molecule has 1 aliphatic carbocycles. The number of amides is 1. The van der Waals surface area contributed by atoms with Gasteiger partial charge in [0.05, 0.1) is 18.8 Å². The van der Waals surface area contributed by atoms with Crippen molar-refractivity contribution in [3.63, 3.8) is 0 Å². The van der Waals surface area contributed by atoms with Crippen LogP contribution in [-0.4, -0.2) is 20.6 Å². The fourth-order valence-corrected chi connectivity index (χ4v) is 3.43. The molecule has 128 valence electrons. The molecular formula is C17H20N2O4S. The number of hydrogen-bond acceptors (Lipinski definition) is 4. The molecule has 7 heteroatoms. The second kappa shape index (κ2) is 6.41. The van der Waals surface area contributed by atoms with Gasteiger partial charge in [-0.2, -0.15) is 0 Å². The lowest BCUT2D eigenvalue weighted by molar-refractivity contribution is 0.0897. The van der Waals surface area contributed by atoms with Crippen LogP contribution in [0.25, 0.3) is 0 Å². The van der Waals surface area contributed by atoms with E-state index in [2.05, 4.69) is 23.0 Å². The van der Waals surface area contributed by atoms with E-state index in [1.807, 2.05) is 18.2 Å². The average molecular weight is 348 g/mol. The van der Waals surface area contributed by atoms with E-state index in [0.717, 1.165) is 18.2 Å². The quantitative estimate of drug-likeness (QED) is 0.865. The lowest BCUT2D eigenvalue weighted by Gasteiger charge is -2.18. The lowest BCUT2D eigenvalue weighted by atomic mass is 10.0. The highest BCUT2D eigenvalue weighted by molar-refractivity contribution is 7.88. The van der Waals surface area contributed by atoms with Crippen LogP contribution < -0.4 is 10.0 Å². The van der Waals surface area contributed by atoms with Gasteiger partial charge in [0.25, 0.3) is 5.91 Å². The molecule has 0 radical (unpaired) electrons. The molecule has 0 saturated carbocycles. The molecule has 6 nitrogen and oxygen atoms in total. The molecule has 1 heterocycles. The van der Waals surface area contributed by atoms with Crippen LogP contribution in [0.4, 0.5) is 0 Å². The molecule has 0 fully saturated rings. The van der Waals surface area contributed by atoms with E-state index in [0.29, 0.717) is 11.7 Å². The van der Waals surface area contributed by atoms with Crippen LogP contribution in [0.2, 0.25) is 0 Å². The van der Waals surface area contributed by atoms with Gasteiger partial charge >= 0.3 is 0 Å². The van der Waals surface area contributed by atoms with Crippen LogP contribution >= 0.6 is 0 Å². The third kappa shape index (κ3) is 3.68. The summed E-state index contributed by atoms with van der Waals surface area (Å²) in [6.07, 6.45) is 2.01. The molecule has 0 aliphatic heterocycles. The molecule has 3 rings (SSSR count). The van der Waals surface area contributed by atoms with Crippen LogP contribution in [0.15, 0.2) is 40.8 Å². The Morgan fingerprint density at radius 2 is 2.00 bits per heavy atom. The molecule has 1 aromatic carbocycles. The standard InChI is InChI=1S/C17H20N2O4S/c1-11-9-12-5-3-4-6-14(12)16(11)19-17(20)15-8-7-13(23-15)10-18-24(2,21)22/h3-8,11,16,18H,9-10H2,1-2H3,(H,19,20). The van der Waals surface area contributed by atoms with Crippen molar-refractivity contribution in [1.29, 1.82) is 0 Å². The molecule has 2 aromatic rings. The van der Waals surface area contributed by atoms with E-state index >= 15 is 0 Å². The predicted molar refractivity (Wildman–Crippen MR) is 89.9 cm³/mol. The second-order valence-electron chi connectivity index (χ2n) is 6.19. The van der Waals surface area contributed by atoms with Crippen molar-refractivity contribution in [3.8, 4) is 0 Å². The molecule has 2 unspecified atom stereocenters. The fraction of sp³-hybridized carbons (Fsp3) is 0.353. The Morgan fingerprint density at radius 3 is 2.75 bits per heavy atom. The van der Waals surface area contributed by atoms with Gasteiger partial charge in [-0.05, 0) is 35.6 Å². The Bertz CT molecular complexity index is 857. The number of carbonyl (C=O) groups is 1. The van der Waals surface area contributed by atoms with E-state index in [1.165, 1.54) is 5.56 Å². The Morgan fingerprint density at radius 1 is 1.25 bits per heavy atom. The van der Waals surface area contributed by atoms with Crippen molar-refractivity contribution < 1.29 is 17.6 Å². The highest BCUT2D eigenvalue weighted by Gasteiger charge is 2.30. The minimum atomic E-state index is -3.30. The number of hydrogen-bond donors (Lipinski definition) is 2. The number of furan rings is 1. The summed E-state index contributed by atoms with van der Waals surface area (Å²) >= 11 is 0. The third-order valence-corrected chi connectivity index (χ3v) is 4.85. The van der Waals surface area contributed by atoms with Crippen LogP contribution in [-0.2, 0) is 23.0 Å². The summed E-state index contributed by atoms with van der Waals surface area (Å²) in [5.41, 5.74) is 2.40. The maximum absolute atomic E-state index is 12.4. The van der Waals surface area contributed by atoms with Crippen LogP contribution in [0, 0.1) is 5.92 Å². The largest absolute Gasteiger partial charge is 0.455 e. The average Bonchev–Trinajstić information content (AvgIpc) is 3.10. The van der Waals surface area contributed by atoms with Crippen molar-refractivity contribution >= 4 is 15.9 Å². The van der Waals surface area contributed by atoms with Crippen molar-refractivity contribution in [2.45, 2.75) is 25.9 Å². The van der Waals surface area contributed by atoms with Crippen LogP contribution in [0.1, 0.15) is 40.4 Å². The summed E-state index contributed by atoms with van der Waals surface area (Å²) in [5.74, 6) is 0.587. The number of fused-ring (bicyclic) bond motifs is 1. The smallest absolute Gasteiger partial charge is 0.287 e. The molecule has 0 spiro atoms. The molecule has 0 saturated heterocycles. The van der Waals surface area contributed by atoms with Gasteiger partial charge in [-0.15, -0.1) is 0 Å². The molecule has 24 heavy (non-hydrogen) atoms. The zero-order chi connectivity index (χ0) is 17.3. The summed E-state index contributed by atoms with van der Waals surface area (Å²) in [6.45, 7) is 2.13. The normalized spacial score (nSPS) is 19.9. The summed E-state index contributed by atoms with van der Waals surface area (Å²) in [6, 6.07) is 11.2. The first-order valence-corrected chi connectivity index (χ1v) is 9.64. The maximum Gasteiger partial charge on any atom is 0.287 e. The highest BCUT2D eigenvalue weighted by Crippen LogP contribution is 2.35. The SMILES string of the molecule is CC1Cc2ccccc2C1NC(=O)c1ccc(CNS(C)(=O)=O)o1. The van der Waals surface area contributed by atoms with Gasteiger partial charge in [-0.1, -0.05) is 31.2 Å². The number of rotatable bonds is 5. The summed E-state index contributed by atoms with van der Waals surface area (Å²) < 4.78 is 30.0. The van der Waals surface area contributed by atoms with E-state index < -0.39 is 10.0 Å². The first-order chi connectivity index (χ1) is 11.3. The van der Waals surface area contributed by atoms with Gasteiger partial charge < -0.3 is 9.73 Å². The third-order valence-electron chi connectivity index (χ3n) is 4.18. The Labute approximate surface area is 141 Å². The van der Waals surface area contributed by atoms with Crippen molar-refractivity contribution in [2.24, 2.45) is 5.92 Å². The predicted octanol–water partition coefficient (Wildman–Crippen LogP) is 1.99. The van der Waals surface area contributed by atoms with Gasteiger partial charge in [0.2, 0.25) is 10.0 Å². The molecule has 2 N–H and O–H groups in total. The van der Waals surface area contributed by atoms with Gasteiger partial charge in [0.15, 0.2) is 5.76 Å². The van der Waals surface area contributed by atoms with E-state index in [-0.39, 0.29) is 24.3 Å². The number of carbonyl (C=O) groups excluding carboxylic acids is 1. The Hall–Kier alpha value is -2.12. The van der Waals surface area contributed by atoms with Gasteiger partial charge in [0.1, 0.15) is 5.76 Å². The Kier molecular flexibility index (Phi) is 4.47. The molecule has 1 aromatic heterocycles. The highest BCUT2D eigenvalue weighted by atomic mass is 32.2. The number of nitrogens with one attached hydrogen (secondary N) is 2. The van der Waals surface area contributed by atoms with Gasteiger partial charge in [-0.3, -0.25) is 4.79 Å². The van der Waals surface area contributed by atoms with Crippen molar-refractivity contribution in [2.75, 3.05) is 6.26 Å². The zero-order valence-corrected chi connectivity index (χ0v) is 14.4. The van der Waals surface area contributed by atoms with Crippen LogP contribution in [0.5, 0.6) is 0 Å². The second-order valence-corrected chi connectivity index (χ2v) is 8.02.